The van der Waals surface area contributed by atoms with Crippen LogP contribution in [0.15, 0.2) is 0 Å². The maximum absolute atomic E-state index is 12.1. The fourth-order valence-electron chi connectivity index (χ4n) is 2.70. The van der Waals surface area contributed by atoms with E-state index in [1.54, 1.807) is 0 Å². The van der Waals surface area contributed by atoms with Crippen LogP contribution < -0.4 is 11.1 Å². The van der Waals surface area contributed by atoms with Gasteiger partial charge in [-0.2, -0.15) is 0 Å². The SMILES string of the molecule is CCCC(C(N)=O)C(CC1CCC1)C(=O)NCC. The molecule has 0 spiro atoms. The first-order valence-corrected chi connectivity index (χ1v) is 7.17. The van der Waals surface area contributed by atoms with Gasteiger partial charge in [-0.3, -0.25) is 9.59 Å². The van der Waals surface area contributed by atoms with Crippen molar-refractivity contribution in [2.24, 2.45) is 23.5 Å². The van der Waals surface area contributed by atoms with E-state index in [2.05, 4.69) is 5.32 Å². The average Bonchev–Trinajstić information content (AvgIpc) is 2.25. The van der Waals surface area contributed by atoms with Gasteiger partial charge in [-0.25, -0.2) is 0 Å². The second kappa shape index (κ2) is 7.39. The molecule has 1 rings (SSSR count). The van der Waals surface area contributed by atoms with E-state index < -0.39 is 0 Å². The zero-order chi connectivity index (χ0) is 13.5. The first kappa shape index (κ1) is 15.0. The van der Waals surface area contributed by atoms with Crippen LogP contribution in [0.5, 0.6) is 0 Å². The maximum Gasteiger partial charge on any atom is 0.223 e. The fourth-order valence-corrected chi connectivity index (χ4v) is 2.70. The van der Waals surface area contributed by atoms with Gasteiger partial charge >= 0.3 is 0 Å². The lowest BCUT2D eigenvalue weighted by atomic mass is 9.74. The summed E-state index contributed by atoms with van der Waals surface area (Å²) in [5, 5.41) is 2.85. The van der Waals surface area contributed by atoms with E-state index in [0.717, 1.165) is 12.8 Å². The summed E-state index contributed by atoms with van der Waals surface area (Å²) in [4.78, 5) is 23.7. The van der Waals surface area contributed by atoms with Crippen molar-refractivity contribution in [1.82, 2.24) is 5.32 Å². The molecule has 0 bridgehead atoms. The van der Waals surface area contributed by atoms with Crippen molar-refractivity contribution in [2.75, 3.05) is 6.54 Å². The van der Waals surface area contributed by atoms with Crippen molar-refractivity contribution >= 4 is 11.8 Å². The summed E-state index contributed by atoms with van der Waals surface area (Å²) < 4.78 is 0. The quantitative estimate of drug-likeness (QED) is 0.693. The van der Waals surface area contributed by atoms with Gasteiger partial charge in [0.25, 0.3) is 0 Å². The molecule has 0 aliphatic heterocycles. The Morgan fingerprint density at radius 3 is 2.33 bits per heavy atom. The van der Waals surface area contributed by atoms with Gasteiger partial charge in [-0.05, 0) is 25.7 Å². The van der Waals surface area contributed by atoms with Crippen LogP contribution in [0, 0.1) is 17.8 Å². The van der Waals surface area contributed by atoms with Crippen LogP contribution in [-0.4, -0.2) is 18.4 Å². The molecular formula is C14H26N2O2. The largest absolute Gasteiger partial charge is 0.369 e. The minimum Gasteiger partial charge on any atom is -0.369 e. The van der Waals surface area contributed by atoms with Gasteiger partial charge in [-0.1, -0.05) is 32.6 Å². The van der Waals surface area contributed by atoms with Gasteiger partial charge in [0.2, 0.25) is 11.8 Å². The minimum absolute atomic E-state index is 0.00153. The third kappa shape index (κ3) is 4.00. The van der Waals surface area contributed by atoms with Crippen molar-refractivity contribution in [3.63, 3.8) is 0 Å². The summed E-state index contributed by atoms with van der Waals surface area (Å²) >= 11 is 0. The molecule has 0 heterocycles. The lowest BCUT2D eigenvalue weighted by Gasteiger charge is -2.32. The van der Waals surface area contributed by atoms with Gasteiger partial charge in [0.15, 0.2) is 0 Å². The van der Waals surface area contributed by atoms with Gasteiger partial charge in [0.05, 0.1) is 0 Å². The summed E-state index contributed by atoms with van der Waals surface area (Å²) in [6.45, 7) is 4.53. The lowest BCUT2D eigenvalue weighted by molar-refractivity contribution is -0.134. The van der Waals surface area contributed by atoms with Gasteiger partial charge < -0.3 is 11.1 Å². The molecule has 1 saturated carbocycles. The van der Waals surface area contributed by atoms with Gasteiger partial charge in [0.1, 0.15) is 0 Å². The molecule has 3 N–H and O–H groups in total. The van der Waals surface area contributed by atoms with Crippen LogP contribution in [0.4, 0.5) is 0 Å². The lowest BCUT2D eigenvalue weighted by Crippen LogP contribution is -2.41. The molecule has 0 radical (unpaired) electrons. The average molecular weight is 254 g/mol. The Morgan fingerprint density at radius 1 is 1.28 bits per heavy atom. The molecule has 2 unspecified atom stereocenters. The van der Waals surface area contributed by atoms with Gasteiger partial charge in [0, 0.05) is 18.4 Å². The number of amides is 2. The molecule has 2 amide bonds. The molecule has 4 nitrogen and oxygen atoms in total. The molecule has 1 fully saturated rings. The van der Waals surface area contributed by atoms with Crippen LogP contribution in [0.2, 0.25) is 0 Å². The summed E-state index contributed by atoms with van der Waals surface area (Å²) in [7, 11) is 0. The van der Waals surface area contributed by atoms with Crippen molar-refractivity contribution in [1.29, 1.82) is 0 Å². The second-order valence-corrected chi connectivity index (χ2v) is 5.33. The summed E-state index contributed by atoms with van der Waals surface area (Å²) in [6.07, 6.45) is 6.04. The zero-order valence-corrected chi connectivity index (χ0v) is 11.6. The monoisotopic (exact) mass is 254 g/mol. The Balaban J connectivity index is 2.71. The summed E-state index contributed by atoms with van der Waals surface area (Å²) in [5.74, 6) is -0.250. The Morgan fingerprint density at radius 2 is 1.94 bits per heavy atom. The smallest absolute Gasteiger partial charge is 0.223 e. The highest BCUT2D eigenvalue weighted by Crippen LogP contribution is 2.35. The number of carbonyl (C=O) groups is 2. The Hall–Kier alpha value is -1.06. The van der Waals surface area contributed by atoms with E-state index in [0.29, 0.717) is 18.9 Å². The standard InChI is InChI=1S/C14H26N2O2/c1-3-6-11(13(15)17)12(14(18)16-4-2)9-10-7-5-8-10/h10-12H,3-9H2,1-2H3,(H2,15,17)(H,16,18). The Kier molecular flexibility index (Phi) is 6.16. The van der Waals surface area contributed by atoms with Crippen molar-refractivity contribution < 1.29 is 9.59 Å². The van der Waals surface area contributed by atoms with Crippen LogP contribution >= 0.6 is 0 Å². The molecule has 1 aliphatic rings. The molecule has 0 aromatic heterocycles. The molecule has 18 heavy (non-hydrogen) atoms. The number of carbonyl (C=O) groups excluding carboxylic acids is 2. The normalized spacial score (nSPS) is 18.8. The molecule has 0 aromatic carbocycles. The van der Waals surface area contributed by atoms with Crippen molar-refractivity contribution in [3.05, 3.63) is 0 Å². The summed E-state index contributed by atoms with van der Waals surface area (Å²) in [6, 6.07) is 0. The number of nitrogens with two attached hydrogens (primary N) is 1. The predicted molar refractivity (Wildman–Crippen MR) is 71.7 cm³/mol. The fraction of sp³-hybridized carbons (Fsp3) is 0.857. The molecule has 0 saturated heterocycles. The maximum atomic E-state index is 12.1. The van der Waals surface area contributed by atoms with E-state index in [9.17, 15) is 9.59 Å². The summed E-state index contributed by atoms with van der Waals surface area (Å²) in [5.41, 5.74) is 5.47. The molecule has 4 heteroatoms. The molecular weight excluding hydrogens is 228 g/mol. The molecule has 104 valence electrons. The first-order chi connectivity index (χ1) is 8.60. The van der Waals surface area contributed by atoms with Crippen LogP contribution in [0.1, 0.15) is 52.4 Å². The van der Waals surface area contributed by atoms with Crippen molar-refractivity contribution in [2.45, 2.75) is 52.4 Å². The van der Waals surface area contributed by atoms with E-state index >= 15 is 0 Å². The minimum atomic E-state index is -0.326. The van der Waals surface area contributed by atoms with E-state index in [4.69, 9.17) is 5.73 Å². The van der Waals surface area contributed by atoms with E-state index in [1.807, 2.05) is 13.8 Å². The highest BCUT2D eigenvalue weighted by Gasteiger charge is 2.34. The second-order valence-electron chi connectivity index (χ2n) is 5.33. The first-order valence-electron chi connectivity index (χ1n) is 7.17. The predicted octanol–water partition coefficient (Wildman–Crippen LogP) is 1.83. The highest BCUT2D eigenvalue weighted by molar-refractivity contribution is 5.86. The number of nitrogens with one attached hydrogen (secondary N) is 1. The van der Waals surface area contributed by atoms with E-state index in [1.165, 1.54) is 19.3 Å². The molecule has 1 aliphatic carbocycles. The van der Waals surface area contributed by atoms with Crippen molar-refractivity contribution in [3.8, 4) is 0 Å². The Labute approximate surface area is 110 Å². The zero-order valence-electron chi connectivity index (χ0n) is 11.6. The number of primary amides is 1. The molecule has 2 atom stereocenters. The van der Waals surface area contributed by atoms with Crippen LogP contribution in [0.25, 0.3) is 0 Å². The number of rotatable bonds is 8. The third-order valence-electron chi connectivity index (χ3n) is 3.95. The van der Waals surface area contributed by atoms with Crippen LogP contribution in [0.3, 0.4) is 0 Å². The Bertz CT molecular complexity index is 288. The number of hydrogen-bond donors (Lipinski definition) is 2. The molecule has 0 aromatic rings. The third-order valence-corrected chi connectivity index (χ3v) is 3.95. The van der Waals surface area contributed by atoms with Gasteiger partial charge in [-0.15, -0.1) is 0 Å². The highest BCUT2D eigenvalue weighted by atomic mass is 16.2. The topological polar surface area (TPSA) is 72.2 Å². The number of hydrogen-bond acceptors (Lipinski definition) is 2. The van der Waals surface area contributed by atoms with Crippen LogP contribution in [-0.2, 0) is 9.59 Å². The van der Waals surface area contributed by atoms with E-state index in [-0.39, 0.29) is 23.7 Å².